The fourth-order valence-electron chi connectivity index (χ4n) is 1.79. The second kappa shape index (κ2) is 6.01. The van der Waals surface area contributed by atoms with Crippen LogP contribution in [0.15, 0.2) is 41.3 Å². The fraction of sp³-hybridized carbons (Fsp3) is 0.214. The first-order chi connectivity index (χ1) is 9.90. The molecule has 1 heterocycles. The van der Waals surface area contributed by atoms with Crippen molar-refractivity contribution in [3.05, 3.63) is 47.8 Å². The van der Waals surface area contributed by atoms with Gasteiger partial charge in [-0.25, -0.2) is 13.2 Å². The van der Waals surface area contributed by atoms with Gasteiger partial charge in [0.1, 0.15) is 5.69 Å². The van der Waals surface area contributed by atoms with Crippen molar-refractivity contribution in [1.82, 2.24) is 4.98 Å². The number of ether oxygens (including phenoxy) is 1. The molecule has 0 saturated carbocycles. The molecule has 1 aromatic heterocycles. The van der Waals surface area contributed by atoms with Crippen molar-refractivity contribution in [2.24, 2.45) is 0 Å². The Bertz CT molecular complexity index is 733. The smallest absolute Gasteiger partial charge is 0.354 e. The molecule has 0 radical (unpaired) electrons. The number of rotatable bonds is 5. The molecule has 0 saturated heterocycles. The fourth-order valence-corrected chi connectivity index (χ4v) is 2.42. The molecule has 0 atom stereocenters. The number of hydrogen-bond acceptors (Lipinski definition) is 5. The Hall–Kier alpha value is -2.28. The summed E-state index contributed by atoms with van der Waals surface area (Å²) in [6, 6.07) is 9.92. The van der Waals surface area contributed by atoms with Gasteiger partial charge in [-0.2, -0.15) is 0 Å². The Morgan fingerprint density at radius 1 is 1.19 bits per heavy atom. The van der Waals surface area contributed by atoms with E-state index < -0.39 is 15.8 Å². The third-order valence-corrected chi connectivity index (χ3v) is 4.05. The number of nitrogens with one attached hydrogen (secondary N) is 2. The van der Waals surface area contributed by atoms with E-state index in [0.717, 1.165) is 11.4 Å². The standard InChI is InChI=1S/C14H16N2O4S/c1-20-14(17)13-8-5-11(16-13)9-15-10-3-6-12(7-4-10)21(2,18)19/h3-8,15-16H,9H2,1-2H3. The van der Waals surface area contributed by atoms with Crippen LogP contribution in [0.25, 0.3) is 0 Å². The lowest BCUT2D eigenvalue weighted by Gasteiger charge is -2.06. The van der Waals surface area contributed by atoms with Gasteiger partial charge in [0.05, 0.1) is 18.6 Å². The number of esters is 1. The van der Waals surface area contributed by atoms with Crippen molar-refractivity contribution in [1.29, 1.82) is 0 Å². The zero-order chi connectivity index (χ0) is 15.5. The van der Waals surface area contributed by atoms with E-state index in [1.54, 1.807) is 36.4 Å². The van der Waals surface area contributed by atoms with Gasteiger partial charge in [-0.15, -0.1) is 0 Å². The molecule has 0 aliphatic carbocycles. The summed E-state index contributed by atoms with van der Waals surface area (Å²) in [4.78, 5) is 14.5. The molecule has 7 heteroatoms. The molecule has 21 heavy (non-hydrogen) atoms. The van der Waals surface area contributed by atoms with Gasteiger partial charge in [-0.1, -0.05) is 0 Å². The molecule has 0 aliphatic heterocycles. The summed E-state index contributed by atoms with van der Waals surface area (Å²) in [7, 11) is -1.86. The van der Waals surface area contributed by atoms with E-state index in [-0.39, 0.29) is 4.90 Å². The van der Waals surface area contributed by atoms with Crippen molar-refractivity contribution in [2.75, 3.05) is 18.7 Å². The van der Waals surface area contributed by atoms with Crippen molar-refractivity contribution in [3.8, 4) is 0 Å². The van der Waals surface area contributed by atoms with Crippen LogP contribution in [0.3, 0.4) is 0 Å². The van der Waals surface area contributed by atoms with E-state index in [1.165, 1.54) is 13.4 Å². The van der Waals surface area contributed by atoms with Gasteiger partial charge in [0.25, 0.3) is 0 Å². The molecule has 0 aliphatic rings. The predicted molar refractivity (Wildman–Crippen MR) is 79.0 cm³/mol. The quantitative estimate of drug-likeness (QED) is 0.823. The van der Waals surface area contributed by atoms with Gasteiger partial charge in [-0.3, -0.25) is 0 Å². The molecule has 0 spiro atoms. The second-order valence-corrected chi connectivity index (χ2v) is 6.55. The highest BCUT2D eigenvalue weighted by Crippen LogP contribution is 2.15. The van der Waals surface area contributed by atoms with Crippen LogP contribution in [0.1, 0.15) is 16.2 Å². The van der Waals surface area contributed by atoms with E-state index in [4.69, 9.17) is 0 Å². The number of anilines is 1. The molecule has 0 fully saturated rings. The zero-order valence-corrected chi connectivity index (χ0v) is 12.5. The molecular formula is C14H16N2O4S. The van der Waals surface area contributed by atoms with Gasteiger partial charge in [0.15, 0.2) is 9.84 Å². The molecule has 0 amide bonds. The molecule has 2 N–H and O–H groups in total. The zero-order valence-electron chi connectivity index (χ0n) is 11.7. The van der Waals surface area contributed by atoms with Gasteiger partial charge in [0, 0.05) is 17.6 Å². The highest BCUT2D eigenvalue weighted by molar-refractivity contribution is 7.90. The topological polar surface area (TPSA) is 88.3 Å². The normalized spacial score (nSPS) is 11.1. The highest BCUT2D eigenvalue weighted by atomic mass is 32.2. The lowest BCUT2D eigenvalue weighted by molar-refractivity contribution is 0.0594. The molecule has 2 aromatic rings. The van der Waals surface area contributed by atoms with Gasteiger partial charge in [0.2, 0.25) is 0 Å². The van der Waals surface area contributed by atoms with Crippen molar-refractivity contribution in [2.45, 2.75) is 11.4 Å². The maximum absolute atomic E-state index is 11.3. The molecule has 2 rings (SSSR count). The Morgan fingerprint density at radius 2 is 1.86 bits per heavy atom. The Kier molecular flexibility index (Phi) is 4.32. The highest BCUT2D eigenvalue weighted by Gasteiger charge is 2.08. The summed E-state index contributed by atoms with van der Waals surface area (Å²) in [5.41, 5.74) is 2.00. The number of aromatic nitrogens is 1. The number of benzene rings is 1. The number of H-pyrrole nitrogens is 1. The van der Waals surface area contributed by atoms with E-state index >= 15 is 0 Å². The number of hydrogen-bond donors (Lipinski definition) is 2. The molecule has 112 valence electrons. The number of aromatic amines is 1. The lowest BCUT2D eigenvalue weighted by Crippen LogP contribution is -2.04. The first kappa shape index (κ1) is 15.1. The number of carbonyl (C=O) groups is 1. The molecular weight excluding hydrogens is 292 g/mol. The third-order valence-electron chi connectivity index (χ3n) is 2.92. The first-order valence-corrected chi connectivity index (χ1v) is 8.09. The minimum absolute atomic E-state index is 0.279. The molecule has 6 nitrogen and oxygen atoms in total. The maximum Gasteiger partial charge on any atom is 0.354 e. The van der Waals surface area contributed by atoms with Gasteiger partial charge < -0.3 is 15.0 Å². The summed E-state index contributed by atoms with van der Waals surface area (Å²) in [5, 5.41) is 3.13. The summed E-state index contributed by atoms with van der Waals surface area (Å²) >= 11 is 0. The Morgan fingerprint density at radius 3 is 2.43 bits per heavy atom. The van der Waals surface area contributed by atoms with Crippen LogP contribution in [0.2, 0.25) is 0 Å². The van der Waals surface area contributed by atoms with Gasteiger partial charge >= 0.3 is 5.97 Å². The van der Waals surface area contributed by atoms with Crippen LogP contribution in [-0.4, -0.2) is 32.7 Å². The predicted octanol–water partition coefficient (Wildman–Crippen LogP) is 1.82. The first-order valence-electron chi connectivity index (χ1n) is 6.20. The summed E-state index contributed by atoms with van der Waals surface area (Å²) in [6.07, 6.45) is 1.17. The van der Waals surface area contributed by atoms with E-state index in [2.05, 4.69) is 15.0 Å². The Labute approximate surface area is 123 Å². The average molecular weight is 308 g/mol. The summed E-state index contributed by atoms with van der Waals surface area (Å²) < 4.78 is 27.3. The van der Waals surface area contributed by atoms with E-state index in [0.29, 0.717) is 12.2 Å². The van der Waals surface area contributed by atoms with Crippen LogP contribution < -0.4 is 5.32 Å². The van der Waals surface area contributed by atoms with Crippen LogP contribution in [0.4, 0.5) is 5.69 Å². The number of methoxy groups -OCH3 is 1. The monoisotopic (exact) mass is 308 g/mol. The Balaban J connectivity index is 2.00. The van der Waals surface area contributed by atoms with Crippen LogP contribution in [0, 0.1) is 0 Å². The van der Waals surface area contributed by atoms with E-state index in [1.807, 2.05) is 0 Å². The lowest BCUT2D eigenvalue weighted by atomic mass is 10.3. The van der Waals surface area contributed by atoms with E-state index in [9.17, 15) is 13.2 Å². The number of sulfone groups is 1. The summed E-state index contributed by atoms with van der Waals surface area (Å²) in [5.74, 6) is -0.418. The minimum atomic E-state index is -3.18. The largest absolute Gasteiger partial charge is 0.464 e. The summed E-state index contributed by atoms with van der Waals surface area (Å²) in [6.45, 7) is 0.481. The van der Waals surface area contributed by atoms with Crippen molar-refractivity contribution < 1.29 is 17.9 Å². The van der Waals surface area contributed by atoms with Crippen LogP contribution in [-0.2, 0) is 21.1 Å². The minimum Gasteiger partial charge on any atom is -0.464 e. The van der Waals surface area contributed by atoms with Crippen molar-refractivity contribution >= 4 is 21.5 Å². The third kappa shape index (κ3) is 3.85. The second-order valence-electron chi connectivity index (χ2n) is 4.54. The van der Waals surface area contributed by atoms with Crippen molar-refractivity contribution in [3.63, 3.8) is 0 Å². The van der Waals surface area contributed by atoms with Crippen LogP contribution in [0.5, 0.6) is 0 Å². The SMILES string of the molecule is COC(=O)c1ccc(CNc2ccc(S(C)(=O)=O)cc2)[nH]1. The average Bonchev–Trinajstić information content (AvgIpc) is 2.92. The number of carbonyl (C=O) groups excluding carboxylic acids is 1. The molecule has 0 unspecified atom stereocenters. The molecule has 0 bridgehead atoms. The van der Waals surface area contributed by atoms with Gasteiger partial charge in [-0.05, 0) is 36.4 Å². The molecule has 1 aromatic carbocycles. The maximum atomic E-state index is 11.3. The van der Waals surface area contributed by atoms with Crippen LogP contribution >= 0.6 is 0 Å².